The van der Waals surface area contributed by atoms with Crippen molar-refractivity contribution in [2.45, 2.75) is 108 Å². The number of aryl methyl sites for hydroxylation is 7. The zero-order valence-corrected chi connectivity index (χ0v) is 39.7. The molecule has 2 aliphatic rings. The Morgan fingerprint density at radius 1 is 0.623 bits per heavy atom. The second kappa shape index (κ2) is 21.0. The van der Waals surface area contributed by atoms with E-state index in [1.54, 1.807) is 72.8 Å². The van der Waals surface area contributed by atoms with Crippen molar-refractivity contribution in [1.82, 2.24) is 15.0 Å². The van der Waals surface area contributed by atoms with Crippen LogP contribution < -0.4 is 0 Å². The van der Waals surface area contributed by atoms with E-state index in [9.17, 15) is 24.5 Å². The Morgan fingerprint density at radius 2 is 1.17 bits per heavy atom. The summed E-state index contributed by atoms with van der Waals surface area (Å²) < 4.78 is 176. The van der Waals surface area contributed by atoms with Crippen molar-refractivity contribution >= 4 is 21.9 Å². The van der Waals surface area contributed by atoms with Gasteiger partial charge in [0.1, 0.15) is 5.58 Å². The molecule has 0 spiro atoms. The molecule has 11 rings (SSSR count). The third-order valence-corrected chi connectivity index (χ3v) is 12.6. The second-order valence-electron chi connectivity index (χ2n) is 17.0. The summed E-state index contributed by atoms with van der Waals surface area (Å²) in [4.78, 5) is 13.6. The molecule has 69 heavy (non-hydrogen) atoms. The van der Waals surface area contributed by atoms with Crippen LogP contribution in [0.3, 0.4) is 0 Å². The van der Waals surface area contributed by atoms with Crippen LogP contribution in [0.1, 0.15) is 143 Å². The maximum atomic E-state index is 9.90. The first-order valence-corrected chi connectivity index (χ1v) is 22.8. The molecule has 0 unspecified atom stereocenters. The van der Waals surface area contributed by atoms with Gasteiger partial charge >= 0.3 is 20.1 Å². The molecule has 0 atom stereocenters. The normalized spacial score (nSPS) is 20.3. The summed E-state index contributed by atoms with van der Waals surface area (Å²) in [6.07, 6.45) is -12.0. The molecule has 2 saturated carbocycles. The summed E-state index contributed by atoms with van der Waals surface area (Å²) in [6, 6.07) is 37.5. The van der Waals surface area contributed by atoms with Gasteiger partial charge in [-0.25, -0.2) is 0 Å². The third kappa shape index (κ3) is 10.0. The maximum absolute atomic E-state index is 9.90. The molecule has 5 nitrogen and oxygen atoms in total. The molecular formula is C63H55IrN4O. The molecule has 0 radical (unpaired) electrons. The van der Waals surface area contributed by atoms with Crippen molar-refractivity contribution in [3.8, 4) is 39.8 Å². The number of nitriles is 1. The van der Waals surface area contributed by atoms with Gasteiger partial charge < -0.3 is 19.4 Å². The predicted molar refractivity (Wildman–Crippen MR) is 273 cm³/mol. The molecule has 4 heterocycles. The number of hydrogen-bond donors (Lipinski definition) is 0. The summed E-state index contributed by atoms with van der Waals surface area (Å²) in [6.45, 7) is -2.85. The van der Waals surface area contributed by atoms with Gasteiger partial charge in [-0.05, 0) is 150 Å². The van der Waals surface area contributed by atoms with Crippen molar-refractivity contribution in [1.29, 1.82) is 5.26 Å². The molecule has 342 valence electrons. The zero-order chi connectivity index (χ0) is 61.8. The molecule has 4 aromatic heterocycles. The number of furan rings is 1. The quantitative estimate of drug-likeness (QED) is 0.101. The number of pyridine rings is 3. The minimum Gasteiger partial charge on any atom is -0.500 e. The second-order valence-corrected chi connectivity index (χ2v) is 17.0. The van der Waals surface area contributed by atoms with Gasteiger partial charge in [0.25, 0.3) is 0 Å². The van der Waals surface area contributed by atoms with Crippen LogP contribution in [0, 0.1) is 36.4 Å². The van der Waals surface area contributed by atoms with Crippen molar-refractivity contribution in [2.75, 3.05) is 0 Å². The fourth-order valence-electron chi connectivity index (χ4n) is 9.14. The molecular weight excluding hydrogens is 1020 g/mol. The largest absolute Gasteiger partial charge is 3.00 e. The van der Waals surface area contributed by atoms with E-state index in [-0.39, 0.29) is 87.3 Å². The Bertz CT molecular complexity index is 3980. The van der Waals surface area contributed by atoms with Crippen LogP contribution in [0.4, 0.5) is 0 Å². The van der Waals surface area contributed by atoms with E-state index in [0.29, 0.717) is 79.3 Å². The fraction of sp³-hybridized carbons (Fsp3) is 0.270. The molecule has 2 aliphatic carbocycles. The average molecular weight is 1090 g/mol. The van der Waals surface area contributed by atoms with Crippen LogP contribution >= 0.6 is 0 Å². The van der Waals surface area contributed by atoms with Crippen LogP contribution in [-0.2, 0) is 58.3 Å². The Hall–Kier alpha value is -6.51. The number of hydrogen-bond acceptors (Lipinski definition) is 5. The molecule has 0 saturated heterocycles. The predicted octanol–water partition coefficient (Wildman–Crippen LogP) is 15.0. The van der Waals surface area contributed by atoms with E-state index in [0.717, 1.165) is 24.4 Å². The molecule has 0 amide bonds. The Kier molecular flexibility index (Phi) is 8.98. The monoisotopic (exact) mass is 1090 g/mol. The fourth-order valence-corrected chi connectivity index (χ4v) is 9.14. The number of nitrogens with zero attached hydrogens (tertiary/aromatic N) is 4. The van der Waals surface area contributed by atoms with E-state index < -0.39 is 79.1 Å². The first-order chi connectivity index (χ1) is 40.4. The van der Waals surface area contributed by atoms with Gasteiger partial charge in [0.15, 0.2) is 0 Å². The molecule has 5 aromatic carbocycles. The number of benzene rings is 5. The first kappa shape index (κ1) is 29.5. The Morgan fingerprint density at radius 3 is 1.70 bits per heavy atom. The van der Waals surface area contributed by atoms with Crippen molar-refractivity contribution < 1.29 is 49.2 Å². The van der Waals surface area contributed by atoms with Gasteiger partial charge in [0.05, 0.1) is 18.6 Å². The number of fused-ring (bicyclic) bond motifs is 3. The van der Waals surface area contributed by atoms with E-state index in [1.807, 2.05) is 0 Å². The standard InChI is InChI=1S/C63H55N4O.Ir/c1-42-51(38-64)30-31-55-54-21-12-22-56(63(54)68-62(42)55)59-32-27-43(39-65-59)23-24-44-33-45(25-28-52-40-66-60(49-17-4-2-5-18-49)36-57(52)47-13-8-9-14-47)35-46(34-44)26-29-53-41-67-61(50-19-6-3-7-20-50)37-58(53)48-15-10-11-16-48;/h2-7,12,17,19,21,27,30-37,39-41,47-48H,8-11,13-16,23-26,28-29H2,1H3;/q-3;+3/i1D3,23D2,24D2,25D2,26D2,28D2,29D2,30D,47D,48D;. The summed E-state index contributed by atoms with van der Waals surface area (Å²) in [5.41, 5.74) is -1.51. The molecule has 6 heteroatoms. The van der Waals surface area contributed by atoms with E-state index in [1.165, 1.54) is 36.7 Å². The van der Waals surface area contributed by atoms with Crippen LogP contribution in [0.5, 0.6) is 0 Å². The molecule has 2 fully saturated rings. The minimum atomic E-state index is -3.29. The van der Waals surface area contributed by atoms with Crippen molar-refractivity contribution in [2.24, 2.45) is 0 Å². The Labute approximate surface area is 445 Å². The maximum Gasteiger partial charge on any atom is 3.00 e. The summed E-state index contributed by atoms with van der Waals surface area (Å²) in [5, 5.41) is 10.5. The topological polar surface area (TPSA) is 75.6 Å². The van der Waals surface area contributed by atoms with Gasteiger partial charge in [-0.3, -0.25) is 0 Å². The van der Waals surface area contributed by atoms with Gasteiger partial charge in [-0.1, -0.05) is 85.2 Å². The van der Waals surface area contributed by atoms with E-state index in [2.05, 4.69) is 33.2 Å². The SMILES string of the molecule is [2H]c1cc2c(oc3c(-c4ccc(C([2H])([2H])C([2H])([2H])c5cc(C([2H])([2H])C([2H])([2H])c6cnc(-c7[c-]cccc7)cc6C6([2H])CCCC6)cc(C([2H])([2H])C([2H])([2H])c6cnc(-c7[c-]cccc7)cc6C6([2H])CCCC6)c5)cn4)[c-]ccc32)c(C([2H])([2H])[2H])c1C#N.[Ir+3]. The molecule has 0 bridgehead atoms. The number of rotatable bonds is 14. The zero-order valence-electron chi connectivity index (χ0n) is 55.3. The Balaban J connectivity index is 0.00000838. The van der Waals surface area contributed by atoms with Gasteiger partial charge in [-0.2, -0.15) is 5.26 Å². The van der Waals surface area contributed by atoms with E-state index in [4.69, 9.17) is 9.90 Å². The smallest absolute Gasteiger partial charge is 0.500 e. The van der Waals surface area contributed by atoms with Crippen LogP contribution in [0.15, 0.2) is 138 Å². The minimum absolute atomic E-state index is 0. The molecule has 0 aliphatic heterocycles. The summed E-state index contributed by atoms with van der Waals surface area (Å²) in [5.74, 6) is -2.77. The van der Waals surface area contributed by atoms with Crippen molar-refractivity contribution in [3.05, 3.63) is 208 Å². The summed E-state index contributed by atoms with van der Waals surface area (Å²) >= 11 is 0. The molecule has 9 aromatic rings. The van der Waals surface area contributed by atoms with Crippen molar-refractivity contribution in [3.63, 3.8) is 0 Å². The van der Waals surface area contributed by atoms with Crippen LogP contribution in [0.2, 0.25) is 0 Å². The van der Waals surface area contributed by atoms with Crippen LogP contribution in [0.25, 0.3) is 55.7 Å². The van der Waals surface area contributed by atoms with Gasteiger partial charge in [0, 0.05) is 52.8 Å². The number of aromatic nitrogens is 3. The van der Waals surface area contributed by atoms with E-state index >= 15 is 0 Å². The first-order valence-electron chi connectivity index (χ1n) is 31.8. The van der Waals surface area contributed by atoms with Crippen LogP contribution in [-0.4, -0.2) is 15.0 Å². The third-order valence-electron chi connectivity index (χ3n) is 12.6. The summed E-state index contributed by atoms with van der Waals surface area (Å²) in [7, 11) is 0. The molecule has 0 N–H and O–H groups in total. The van der Waals surface area contributed by atoms with Gasteiger partial charge in [-0.15, -0.1) is 90.0 Å². The van der Waals surface area contributed by atoms with Gasteiger partial charge in [0.2, 0.25) is 0 Å². The average Bonchev–Trinajstić information content (AvgIpc) is 1.61.